The fourth-order valence-corrected chi connectivity index (χ4v) is 3.98. The lowest BCUT2D eigenvalue weighted by atomic mass is 9.98. The lowest BCUT2D eigenvalue weighted by molar-refractivity contribution is -0.117. The van der Waals surface area contributed by atoms with Crippen LogP contribution in [0.5, 0.6) is 5.75 Å². The van der Waals surface area contributed by atoms with Gasteiger partial charge >= 0.3 is 0 Å². The number of aromatic nitrogens is 2. The molecule has 2 aromatic heterocycles. The molecule has 1 amide bonds. The van der Waals surface area contributed by atoms with Crippen molar-refractivity contribution in [1.82, 2.24) is 9.97 Å². The summed E-state index contributed by atoms with van der Waals surface area (Å²) in [6.45, 7) is 0. The second kappa shape index (κ2) is 6.99. The van der Waals surface area contributed by atoms with Gasteiger partial charge in [0.2, 0.25) is 5.91 Å². The highest BCUT2D eigenvalue weighted by Gasteiger charge is 2.27. The third-order valence-corrected chi connectivity index (χ3v) is 5.63. The lowest BCUT2D eigenvalue weighted by Crippen LogP contribution is -2.13. The van der Waals surface area contributed by atoms with Crippen LogP contribution in [0.15, 0.2) is 53.3 Å². The number of primary amides is 1. The molecule has 30 heavy (non-hydrogen) atoms. The van der Waals surface area contributed by atoms with Crippen LogP contribution in [0.25, 0.3) is 33.1 Å². The van der Waals surface area contributed by atoms with Gasteiger partial charge in [0.1, 0.15) is 5.75 Å². The molecule has 0 atom stereocenters. The van der Waals surface area contributed by atoms with Gasteiger partial charge in [-0.3, -0.25) is 9.59 Å². The highest BCUT2D eigenvalue weighted by Crippen LogP contribution is 2.44. The molecule has 0 spiro atoms. The second-order valence-electron chi connectivity index (χ2n) is 7.83. The Morgan fingerprint density at radius 1 is 1.17 bits per heavy atom. The second-order valence-corrected chi connectivity index (χ2v) is 7.83. The summed E-state index contributed by atoms with van der Waals surface area (Å²) in [6.07, 6.45) is 2.43. The van der Waals surface area contributed by atoms with E-state index in [1.165, 1.54) is 5.56 Å². The van der Waals surface area contributed by atoms with Crippen molar-refractivity contribution in [2.75, 3.05) is 7.11 Å². The van der Waals surface area contributed by atoms with E-state index in [0.29, 0.717) is 17.2 Å². The number of nitrogens with one attached hydrogen (secondary N) is 1. The Bertz CT molecular complexity index is 1370. The van der Waals surface area contributed by atoms with Crippen LogP contribution >= 0.6 is 0 Å². The molecule has 1 fully saturated rings. The van der Waals surface area contributed by atoms with Gasteiger partial charge in [-0.1, -0.05) is 6.07 Å². The Morgan fingerprint density at radius 2 is 2.00 bits per heavy atom. The zero-order valence-electron chi connectivity index (χ0n) is 16.6. The van der Waals surface area contributed by atoms with E-state index in [-0.39, 0.29) is 17.9 Å². The molecule has 0 aliphatic heterocycles. The minimum Gasteiger partial charge on any atom is -0.497 e. The number of rotatable bonds is 5. The zero-order chi connectivity index (χ0) is 20.8. The quantitative estimate of drug-likeness (QED) is 0.535. The molecule has 0 bridgehead atoms. The maximum Gasteiger partial charge on any atom is 0.257 e. The van der Waals surface area contributed by atoms with Gasteiger partial charge in [0.05, 0.1) is 30.3 Å². The Balaban J connectivity index is 1.70. The molecule has 2 heterocycles. The van der Waals surface area contributed by atoms with Crippen molar-refractivity contribution < 1.29 is 9.53 Å². The Kier molecular flexibility index (Phi) is 4.28. The van der Waals surface area contributed by atoms with Gasteiger partial charge in [-0.15, -0.1) is 0 Å². The van der Waals surface area contributed by atoms with Crippen LogP contribution in [0, 0.1) is 0 Å². The van der Waals surface area contributed by atoms with Gasteiger partial charge in [0.25, 0.3) is 5.56 Å². The van der Waals surface area contributed by atoms with Gasteiger partial charge in [-0.2, -0.15) is 0 Å². The number of aromatic amines is 1. The number of benzene rings is 2. The molecule has 0 unspecified atom stereocenters. The van der Waals surface area contributed by atoms with E-state index in [2.05, 4.69) is 4.98 Å². The van der Waals surface area contributed by atoms with Crippen molar-refractivity contribution in [3.05, 3.63) is 70.0 Å². The number of nitrogens with zero attached hydrogens (tertiary/aromatic N) is 1. The van der Waals surface area contributed by atoms with Crippen LogP contribution in [0.1, 0.15) is 29.9 Å². The Hall–Kier alpha value is -3.67. The van der Waals surface area contributed by atoms with Gasteiger partial charge in [-0.05, 0) is 72.4 Å². The fourth-order valence-electron chi connectivity index (χ4n) is 3.98. The number of hydrogen-bond donors (Lipinski definition) is 2. The van der Waals surface area contributed by atoms with Crippen LogP contribution < -0.4 is 16.0 Å². The molecule has 1 saturated carbocycles. The molecule has 5 rings (SSSR count). The van der Waals surface area contributed by atoms with E-state index in [9.17, 15) is 9.59 Å². The molecule has 1 aliphatic rings. The largest absolute Gasteiger partial charge is 0.497 e. The number of ether oxygens (including phenoxy) is 1. The van der Waals surface area contributed by atoms with E-state index in [1.54, 1.807) is 7.11 Å². The first-order chi connectivity index (χ1) is 14.5. The van der Waals surface area contributed by atoms with Crippen LogP contribution in [0.4, 0.5) is 0 Å². The van der Waals surface area contributed by atoms with Gasteiger partial charge in [0, 0.05) is 16.3 Å². The summed E-state index contributed by atoms with van der Waals surface area (Å²) in [4.78, 5) is 31.9. The van der Waals surface area contributed by atoms with Gasteiger partial charge in [0.15, 0.2) is 0 Å². The third-order valence-electron chi connectivity index (χ3n) is 5.63. The molecule has 1 aliphatic carbocycles. The fraction of sp³-hybridized carbons (Fsp3) is 0.208. The number of nitrogens with two attached hydrogens (primary N) is 1. The first-order valence-corrected chi connectivity index (χ1v) is 9.95. The Labute approximate surface area is 172 Å². The summed E-state index contributed by atoms with van der Waals surface area (Å²) in [5.41, 5.74) is 9.98. The molecule has 6 heteroatoms. The van der Waals surface area contributed by atoms with Gasteiger partial charge in [-0.25, -0.2) is 4.98 Å². The van der Waals surface area contributed by atoms with E-state index < -0.39 is 0 Å². The van der Waals surface area contributed by atoms with Crippen molar-refractivity contribution in [3.63, 3.8) is 0 Å². The summed E-state index contributed by atoms with van der Waals surface area (Å²) in [5, 5.41) is 1.91. The molecule has 150 valence electrons. The van der Waals surface area contributed by atoms with Crippen molar-refractivity contribution >= 4 is 27.7 Å². The number of carbonyl (C=O) groups excluding carboxylic acids is 1. The molecule has 0 saturated heterocycles. The van der Waals surface area contributed by atoms with Crippen molar-refractivity contribution in [1.29, 1.82) is 0 Å². The smallest absolute Gasteiger partial charge is 0.257 e. The molecule has 6 nitrogen and oxygen atoms in total. The standard InChI is InChI=1S/C24H21N3O3/c1-30-16-5-7-20-15(10-16)11-19(24(29)27-20)22-12-17(14-3-4-14)18-8-13(9-23(25)28)2-6-21(18)26-22/h2,5-8,10-12,14H,3-4,9H2,1H3,(H2,25,28)(H,27,29). The van der Waals surface area contributed by atoms with Crippen molar-refractivity contribution in [2.24, 2.45) is 5.73 Å². The lowest BCUT2D eigenvalue weighted by Gasteiger charge is -2.11. The third kappa shape index (κ3) is 3.30. The number of pyridine rings is 2. The predicted octanol–water partition coefficient (Wildman–Crippen LogP) is 3.66. The highest BCUT2D eigenvalue weighted by atomic mass is 16.5. The molecule has 4 aromatic rings. The number of methoxy groups -OCH3 is 1. The summed E-state index contributed by atoms with van der Waals surface area (Å²) in [7, 11) is 1.62. The molecule has 0 radical (unpaired) electrons. The predicted molar refractivity (Wildman–Crippen MR) is 117 cm³/mol. The van der Waals surface area contributed by atoms with E-state index in [4.69, 9.17) is 15.5 Å². The van der Waals surface area contributed by atoms with Crippen LogP contribution in [-0.2, 0) is 11.2 Å². The average Bonchev–Trinajstić information content (AvgIpc) is 3.57. The number of hydrogen-bond acceptors (Lipinski definition) is 4. The van der Waals surface area contributed by atoms with E-state index >= 15 is 0 Å². The molecular formula is C24H21N3O3. The SMILES string of the molecule is COc1ccc2[nH]c(=O)c(-c3cc(C4CC4)c4cc(CC(N)=O)ccc4n3)cc2c1. The zero-order valence-corrected chi connectivity index (χ0v) is 16.6. The molecule has 2 aromatic carbocycles. The average molecular weight is 399 g/mol. The highest BCUT2D eigenvalue weighted by molar-refractivity contribution is 5.89. The van der Waals surface area contributed by atoms with Crippen molar-refractivity contribution in [3.8, 4) is 17.0 Å². The van der Waals surface area contributed by atoms with Crippen LogP contribution in [-0.4, -0.2) is 23.0 Å². The van der Waals surface area contributed by atoms with Crippen LogP contribution in [0.3, 0.4) is 0 Å². The molecular weight excluding hydrogens is 378 g/mol. The van der Waals surface area contributed by atoms with Crippen LogP contribution in [0.2, 0.25) is 0 Å². The van der Waals surface area contributed by atoms with E-state index in [1.807, 2.05) is 48.5 Å². The summed E-state index contributed by atoms with van der Waals surface area (Å²) >= 11 is 0. The first kappa shape index (κ1) is 18.4. The number of carbonyl (C=O) groups is 1. The number of fused-ring (bicyclic) bond motifs is 2. The topological polar surface area (TPSA) is 98.1 Å². The monoisotopic (exact) mass is 399 g/mol. The summed E-state index contributed by atoms with van der Waals surface area (Å²) in [6, 6.07) is 15.2. The first-order valence-electron chi connectivity index (χ1n) is 9.95. The maximum atomic E-state index is 12.8. The minimum absolute atomic E-state index is 0.174. The normalized spacial score (nSPS) is 13.6. The summed E-state index contributed by atoms with van der Waals surface area (Å²) in [5.74, 6) is 0.829. The van der Waals surface area contributed by atoms with Gasteiger partial charge < -0.3 is 15.5 Å². The van der Waals surface area contributed by atoms with Crippen molar-refractivity contribution in [2.45, 2.75) is 25.2 Å². The molecule has 3 N–H and O–H groups in total. The maximum absolute atomic E-state index is 12.8. The van der Waals surface area contributed by atoms with E-state index in [0.717, 1.165) is 46.0 Å². The number of H-pyrrole nitrogens is 1. The Morgan fingerprint density at radius 3 is 2.73 bits per heavy atom. The number of amides is 1. The minimum atomic E-state index is -0.356. The summed E-state index contributed by atoms with van der Waals surface area (Å²) < 4.78 is 5.31.